The summed E-state index contributed by atoms with van der Waals surface area (Å²) in [5, 5.41) is 17.4. The van der Waals surface area contributed by atoms with Crippen LogP contribution in [0.5, 0.6) is 0 Å². The number of carboxylic acid groups (broad SMARTS) is 2. The maximum absolute atomic E-state index is 10.6. The minimum atomic E-state index is -1.11. The Morgan fingerprint density at radius 2 is 1.50 bits per heavy atom. The van der Waals surface area contributed by atoms with E-state index in [1.807, 2.05) is 0 Å². The Morgan fingerprint density at radius 1 is 1.00 bits per heavy atom. The van der Waals surface area contributed by atoms with Crippen molar-refractivity contribution in [3.63, 3.8) is 0 Å². The van der Waals surface area contributed by atoms with Crippen LogP contribution in [0.25, 0.3) is 0 Å². The van der Waals surface area contributed by atoms with Gasteiger partial charge in [-0.25, -0.2) is 9.59 Å². The molecular formula is C17H24O5. The van der Waals surface area contributed by atoms with Crippen molar-refractivity contribution in [2.75, 3.05) is 0 Å². The molecule has 0 saturated heterocycles. The Bertz CT molecular complexity index is 462. The van der Waals surface area contributed by atoms with Crippen molar-refractivity contribution in [2.24, 2.45) is 0 Å². The summed E-state index contributed by atoms with van der Waals surface area (Å²) in [6, 6.07) is 4.17. The molecule has 0 aliphatic heterocycles. The lowest BCUT2D eigenvalue weighted by Crippen LogP contribution is -2.06. The van der Waals surface area contributed by atoms with Crippen molar-refractivity contribution in [3.05, 3.63) is 34.9 Å². The fraction of sp³-hybridized carbons (Fsp3) is 0.471. The highest BCUT2D eigenvalue weighted by molar-refractivity contribution is 5.96. The Hall–Kier alpha value is -2.17. The number of hydrogen-bond acceptors (Lipinski definition) is 3. The van der Waals surface area contributed by atoms with Gasteiger partial charge in [0.2, 0.25) is 0 Å². The lowest BCUT2D eigenvalue weighted by molar-refractivity contribution is -0.107. The second-order valence-corrected chi connectivity index (χ2v) is 4.96. The van der Waals surface area contributed by atoms with E-state index in [9.17, 15) is 14.4 Å². The van der Waals surface area contributed by atoms with E-state index in [1.54, 1.807) is 0 Å². The molecule has 2 N–H and O–H groups in total. The highest BCUT2D eigenvalue weighted by atomic mass is 16.4. The third-order valence-electron chi connectivity index (χ3n) is 3.22. The minimum absolute atomic E-state index is 0.0277. The van der Waals surface area contributed by atoms with E-state index in [0.717, 1.165) is 19.1 Å². The van der Waals surface area contributed by atoms with E-state index in [2.05, 4.69) is 6.92 Å². The molecule has 1 aromatic rings. The molecule has 1 aromatic carbocycles. The number of aromatic carboxylic acids is 2. The van der Waals surface area contributed by atoms with Gasteiger partial charge in [-0.3, -0.25) is 0 Å². The number of carboxylic acids is 2. The average molecular weight is 308 g/mol. The highest BCUT2D eigenvalue weighted by Gasteiger charge is 2.13. The molecule has 0 heterocycles. The topological polar surface area (TPSA) is 91.7 Å². The van der Waals surface area contributed by atoms with E-state index >= 15 is 0 Å². The second-order valence-electron chi connectivity index (χ2n) is 4.96. The number of carbonyl (C=O) groups is 3. The van der Waals surface area contributed by atoms with Gasteiger partial charge in [0.25, 0.3) is 0 Å². The zero-order chi connectivity index (χ0) is 17.0. The normalized spacial score (nSPS) is 9.55. The summed E-state index contributed by atoms with van der Waals surface area (Å²) < 4.78 is 0. The van der Waals surface area contributed by atoms with Gasteiger partial charge in [0, 0.05) is 6.42 Å². The van der Waals surface area contributed by atoms with Crippen LogP contribution in [0.15, 0.2) is 18.2 Å². The van der Waals surface area contributed by atoms with Gasteiger partial charge in [-0.15, -0.1) is 0 Å². The Balaban J connectivity index is 0.000000433. The lowest BCUT2D eigenvalue weighted by atomic mass is 10.0. The summed E-state index contributed by atoms with van der Waals surface area (Å²) in [7, 11) is 0. The molecule has 0 aromatic heterocycles. The van der Waals surface area contributed by atoms with Crippen LogP contribution < -0.4 is 0 Å². The number of benzene rings is 1. The van der Waals surface area contributed by atoms with Crippen molar-refractivity contribution in [2.45, 2.75) is 52.4 Å². The molecule has 0 unspecified atom stereocenters. The van der Waals surface area contributed by atoms with Gasteiger partial charge in [0.15, 0.2) is 0 Å². The van der Waals surface area contributed by atoms with Crippen molar-refractivity contribution in [1.82, 2.24) is 0 Å². The molecule has 0 radical (unpaired) electrons. The smallest absolute Gasteiger partial charge is 0.335 e. The maximum atomic E-state index is 10.6. The van der Waals surface area contributed by atoms with Crippen LogP contribution in [-0.2, 0) is 4.79 Å². The number of aldehydes is 1. The number of hydrogen-bond donors (Lipinski definition) is 2. The molecule has 0 atom stereocenters. The third kappa shape index (κ3) is 7.57. The van der Waals surface area contributed by atoms with Gasteiger partial charge in [-0.1, -0.05) is 38.7 Å². The van der Waals surface area contributed by atoms with Crippen molar-refractivity contribution < 1.29 is 24.6 Å². The molecule has 0 spiro atoms. The van der Waals surface area contributed by atoms with Crippen LogP contribution in [0, 0.1) is 6.92 Å². The molecule has 0 saturated carbocycles. The Labute approximate surface area is 131 Å². The average Bonchev–Trinajstić information content (AvgIpc) is 2.47. The summed E-state index contributed by atoms with van der Waals surface area (Å²) >= 11 is 0. The summed E-state index contributed by atoms with van der Waals surface area (Å²) in [6.45, 7) is 3.67. The van der Waals surface area contributed by atoms with Crippen LogP contribution in [0.4, 0.5) is 0 Å². The van der Waals surface area contributed by atoms with Crippen LogP contribution in [0.1, 0.15) is 71.7 Å². The predicted molar refractivity (Wildman–Crippen MR) is 84.5 cm³/mol. The van der Waals surface area contributed by atoms with Gasteiger partial charge in [0.05, 0.1) is 11.1 Å². The SMILES string of the molecule is CCCCCCCC=O.Cc1c(C(=O)O)cccc1C(=O)O. The first-order valence-electron chi connectivity index (χ1n) is 7.45. The largest absolute Gasteiger partial charge is 0.478 e. The minimum Gasteiger partial charge on any atom is -0.478 e. The van der Waals surface area contributed by atoms with E-state index in [0.29, 0.717) is 0 Å². The van der Waals surface area contributed by atoms with Crippen molar-refractivity contribution in [1.29, 1.82) is 0 Å². The van der Waals surface area contributed by atoms with Crippen LogP contribution >= 0.6 is 0 Å². The quantitative estimate of drug-likeness (QED) is 0.560. The second kappa shape index (κ2) is 11.5. The molecule has 0 aliphatic rings. The highest BCUT2D eigenvalue weighted by Crippen LogP contribution is 2.13. The molecule has 0 bridgehead atoms. The first-order chi connectivity index (χ1) is 10.5. The third-order valence-corrected chi connectivity index (χ3v) is 3.22. The number of carbonyl (C=O) groups excluding carboxylic acids is 1. The standard InChI is InChI=1S/C9H8O4.C8H16O/c1-5-6(8(10)11)3-2-4-7(5)9(12)13;1-2-3-4-5-6-7-8-9/h2-4H,1H3,(H,10,11)(H,12,13);8H,2-7H2,1H3. The molecule has 0 aliphatic carbocycles. The van der Waals surface area contributed by atoms with E-state index in [1.165, 1.54) is 50.8 Å². The summed E-state index contributed by atoms with van der Waals surface area (Å²) in [6.07, 6.45) is 7.97. The summed E-state index contributed by atoms with van der Waals surface area (Å²) in [4.78, 5) is 31.0. The Kier molecular flexibility index (Phi) is 10.4. The molecule has 122 valence electrons. The molecule has 0 amide bonds. The first kappa shape index (κ1) is 19.8. The van der Waals surface area contributed by atoms with Crippen LogP contribution in [-0.4, -0.2) is 28.4 Å². The number of rotatable bonds is 8. The van der Waals surface area contributed by atoms with Gasteiger partial charge >= 0.3 is 11.9 Å². The summed E-state index contributed by atoms with van der Waals surface area (Å²) in [5.41, 5.74) is 0.335. The Morgan fingerprint density at radius 3 is 1.91 bits per heavy atom. The van der Waals surface area contributed by atoms with Gasteiger partial charge in [-0.05, 0) is 31.0 Å². The molecule has 5 nitrogen and oxygen atoms in total. The monoisotopic (exact) mass is 308 g/mol. The van der Waals surface area contributed by atoms with Crippen LogP contribution in [0.2, 0.25) is 0 Å². The van der Waals surface area contributed by atoms with E-state index in [4.69, 9.17) is 10.2 Å². The van der Waals surface area contributed by atoms with Crippen molar-refractivity contribution >= 4 is 18.2 Å². The molecule has 0 fully saturated rings. The molecule has 5 heteroatoms. The van der Waals surface area contributed by atoms with E-state index < -0.39 is 11.9 Å². The zero-order valence-electron chi connectivity index (χ0n) is 13.2. The summed E-state index contributed by atoms with van der Waals surface area (Å²) in [5.74, 6) is -2.22. The zero-order valence-corrected chi connectivity index (χ0v) is 13.2. The molecular weight excluding hydrogens is 284 g/mol. The number of unbranched alkanes of at least 4 members (excludes halogenated alkanes) is 5. The van der Waals surface area contributed by atoms with Crippen LogP contribution in [0.3, 0.4) is 0 Å². The van der Waals surface area contributed by atoms with Gasteiger partial charge < -0.3 is 15.0 Å². The van der Waals surface area contributed by atoms with Gasteiger partial charge in [-0.2, -0.15) is 0 Å². The first-order valence-corrected chi connectivity index (χ1v) is 7.45. The predicted octanol–water partition coefficient (Wildman–Crippen LogP) is 3.94. The molecule has 22 heavy (non-hydrogen) atoms. The molecule has 1 rings (SSSR count). The van der Waals surface area contributed by atoms with E-state index in [-0.39, 0.29) is 16.7 Å². The lowest BCUT2D eigenvalue weighted by Gasteiger charge is -2.03. The fourth-order valence-corrected chi connectivity index (χ4v) is 1.93. The fourth-order valence-electron chi connectivity index (χ4n) is 1.93. The maximum Gasteiger partial charge on any atom is 0.335 e. The van der Waals surface area contributed by atoms with Gasteiger partial charge in [0.1, 0.15) is 6.29 Å². The van der Waals surface area contributed by atoms with Crippen molar-refractivity contribution in [3.8, 4) is 0 Å².